The number of pyridine rings is 1. The zero-order chi connectivity index (χ0) is 19.1. The molecule has 6 nitrogen and oxygen atoms in total. The number of guanidine groups is 1. The van der Waals surface area contributed by atoms with Crippen LogP contribution in [-0.4, -0.2) is 34.1 Å². The highest BCUT2D eigenvalue weighted by molar-refractivity contribution is 14.0. The molecule has 150 valence electrons. The highest BCUT2D eigenvalue weighted by atomic mass is 127. The minimum Gasteiger partial charge on any atom is -0.356 e. The maximum atomic E-state index is 4.53. The Morgan fingerprint density at radius 3 is 2.71 bits per heavy atom. The fourth-order valence-electron chi connectivity index (χ4n) is 2.81. The minimum atomic E-state index is 0. The van der Waals surface area contributed by atoms with Gasteiger partial charge in [0.25, 0.3) is 0 Å². The van der Waals surface area contributed by atoms with E-state index < -0.39 is 0 Å². The van der Waals surface area contributed by atoms with Crippen LogP contribution in [0.25, 0.3) is 5.82 Å². The topological polar surface area (TPSA) is 67.1 Å². The average Bonchev–Trinajstić information content (AvgIpc) is 3.34. The maximum Gasteiger partial charge on any atom is 0.191 e. The number of aryl methyl sites for hydroxylation is 1. The number of aromatic nitrogens is 3. The standard InChI is InChI=1S/C20H26N6S.HI/c1-15(11-18-5-4-10-27-18)12-24-20(21-3)25-14-17-6-7-19(23-13-17)26-9-8-22-16(26)2;/h4-10,13,15H,11-12,14H2,1-3H3,(H2,21,24,25);1H. The molecule has 0 spiro atoms. The average molecular weight is 510 g/mol. The molecule has 0 radical (unpaired) electrons. The molecule has 0 bridgehead atoms. The highest BCUT2D eigenvalue weighted by Gasteiger charge is 2.07. The summed E-state index contributed by atoms with van der Waals surface area (Å²) in [5, 5.41) is 8.88. The van der Waals surface area contributed by atoms with Gasteiger partial charge in [-0.3, -0.25) is 9.56 Å². The molecule has 8 heteroatoms. The molecule has 3 rings (SSSR count). The van der Waals surface area contributed by atoms with Crippen molar-refractivity contribution in [2.24, 2.45) is 10.9 Å². The number of halogens is 1. The van der Waals surface area contributed by atoms with Crippen LogP contribution < -0.4 is 10.6 Å². The van der Waals surface area contributed by atoms with Gasteiger partial charge >= 0.3 is 0 Å². The fraction of sp³-hybridized carbons (Fsp3) is 0.350. The number of rotatable bonds is 7. The molecule has 0 saturated carbocycles. The van der Waals surface area contributed by atoms with Gasteiger partial charge in [0.05, 0.1) is 0 Å². The van der Waals surface area contributed by atoms with Crippen molar-refractivity contribution >= 4 is 41.3 Å². The Kier molecular flexibility index (Phi) is 8.91. The van der Waals surface area contributed by atoms with Crippen LogP contribution >= 0.6 is 35.3 Å². The number of nitrogens with one attached hydrogen (secondary N) is 2. The first-order valence-electron chi connectivity index (χ1n) is 9.08. The predicted octanol–water partition coefficient (Wildman–Crippen LogP) is 3.80. The summed E-state index contributed by atoms with van der Waals surface area (Å²) in [7, 11) is 1.79. The van der Waals surface area contributed by atoms with Crippen molar-refractivity contribution in [3.05, 3.63) is 64.5 Å². The van der Waals surface area contributed by atoms with Crippen LogP contribution in [0.2, 0.25) is 0 Å². The number of hydrogen-bond donors (Lipinski definition) is 2. The van der Waals surface area contributed by atoms with Gasteiger partial charge in [-0.05, 0) is 42.3 Å². The summed E-state index contributed by atoms with van der Waals surface area (Å²) in [6.07, 6.45) is 6.66. The molecule has 3 aromatic rings. The molecule has 2 N–H and O–H groups in total. The van der Waals surface area contributed by atoms with Crippen LogP contribution in [0.3, 0.4) is 0 Å². The summed E-state index contributed by atoms with van der Waals surface area (Å²) < 4.78 is 1.96. The molecule has 28 heavy (non-hydrogen) atoms. The van der Waals surface area contributed by atoms with Crippen LogP contribution in [0.1, 0.15) is 23.2 Å². The van der Waals surface area contributed by atoms with Gasteiger partial charge in [0.2, 0.25) is 0 Å². The second-order valence-electron chi connectivity index (χ2n) is 6.56. The van der Waals surface area contributed by atoms with Gasteiger partial charge in [0.15, 0.2) is 5.96 Å². The van der Waals surface area contributed by atoms with Crippen molar-refractivity contribution in [2.75, 3.05) is 13.6 Å². The lowest BCUT2D eigenvalue weighted by atomic mass is 10.1. The third-order valence-electron chi connectivity index (χ3n) is 4.31. The molecule has 1 atom stereocenters. The van der Waals surface area contributed by atoms with Gasteiger partial charge in [-0.15, -0.1) is 35.3 Å². The molecule has 0 aliphatic heterocycles. The quantitative estimate of drug-likeness (QED) is 0.288. The summed E-state index contributed by atoms with van der Waals surface area (Å²) in [4.78, 5) is 14.5. The Labute approximate surface area is 187 Å². The van der Waals surface area contributed by atoms with Gasteiger partial charge in [0.1, 0.15) is 11.6 Å². The van der Waals surface area contributed by atoms with Gasteiger partial charge in [-0.1, -0.05) is 19.1 Å². The normalized spacial score (nSPS) is 12.3. The molecule has 0 amide bonds. The van der Waals surface area contributed by atoms with Gasteiger partial charge in [-0.2, -0.15) is 0 Å². The van der Waals surface area contributed by atoms with Crippen LogP contribution in [0.4, 0.5) is 0 Å². The number of nitrogens with zero attached hydrogens (tertiary/aromatic N) is 4. The van der Waals surface area contributed by atoms with Crippen molar-refractivity contribution in [1.29, 1.82) is 0 Å². The molecular formula is C20H27IN6S. The van der Waals surface area contributed by atoms with Crippen LogP contribution in [0, 0.1) is 12.8 Å². The molecule has 0 aromatic carbocycles. The van der Waals surface area contributed by atoms with Crippen molar-refractivity contribution in [3.8, 4) is 5.82 Å². The zero-order valence-electron chi connectivity index (χ0n) is 16.4. The lowest BCUT2D eigenvalue weighted by Gasteiger charge is -2.15. The first-order chi connectivity index (χ1) is 13.2. The molecule has 3 heterocycles. The largest absolute Gasteiger partial charge is 0.356 e. The van der Waals surface area contributed by atoms with Gasteiger partial charge in [0, 0.05) is 43.6 Å². The minimum absolute atomic E-state index is 0. The Bertz CT molecular complexity index is 857. The Morgan fingerprint density at radius 1 is 1.25 bits per heavy atom. The van der Waals surface area contributed by atoms with Crippen molar-refractivity contribution in [3.63, 3.8) is 0 Å². The maximum absolute atomic E-state index is 4.53. The third-order valence-corrected chi connectivity index (χ3v) is 5.21. The number of imidazole rings is 1. The first-order valence-corrected chi connectivity index (χ1v) is 9.96. The first kappa shape index (κ1) is 22.4. The van der Waals surface area contributed by atoms with Crippen LogP contribution in [0.15, 0.2) is 53.2 Å². The lowest BCUT2D eigenvalue weighted by molar-refractivity contribution is 0.562. The lowest BCUT2D eigenvalue weighted by Crippen LogP contribution is -2.39. The van der Waals surface area contributed by atoms with E-state index in [9.17, 15) is 0 Å². The van der Waals surface area contributed by atoms with E-state index in [1.807, 2.05) is 41.3 Å². The zero-order valence-corrected chi connectivity index (χ0v) is 19.6. The number of hydrogen-bond acceptors (Lipinski definition) is 4. The van der Waals surface area contributed by atoms with E-state index >= 15 is 0 Å². The van der Waals surface area contributed by atoms with E-state index in [4.69, 9.17) is 0 Å². The van der Waals surface area contributed by atoms with E-state index in [2.05, 4.69) is 56.1 Å². The second-order valence-corrected chi connectivity index (χ2v) is 7.60. The van der Waals surface area contributed by atoms with Gasteiger partial charge < -0.3 is 10.6 Å². The van der Waals surface area contributed by atoms with Crippen molar-refractivity contribution in [1.82, 2.24) is 25.2 Å². The van der Waals surface area contributed by atoms with E-state index in [0.717, 1.165) is 36.1 Å². The molecule has 1 unspecified atom stereocenters. The predicted molar refractivity (Wildman–Crippen MR) is 127 cm³/mol. The summed E-state index contributed by atoms with van der Waals surface area (Å²) in [6.45, 7) is 5.77. The summed E-state index contributed by atoms with van der Waals surface area (Å²) in [5.74, 6) is 3.15. The van der Waals surface area contributed by atoms with Crippen molar-refractivity contribution in [2.45, 2.75) is 26.8 Å². The smallest absolute Gasteiger partial charge is 0.191 e. The molecule has 3 aromatic heterocycles. The highest BCUT2D eigenvalue weighted by Crippen LogP contribution is 2.13. The summed E-state index contributed by atoms with van der Waals surface area (Å²) >= 11 is 1.81. The monoisotopic (exact) mass is 510 g/mol. The van der Waals surface area contributed by atoms with E-state index in [1.54, 1.807) is 13.2 Å². The van der Waals surface area contributed by atoms with Gasteiger partial charge in [-0.25, -0.2) is 9.97 Å². The van der Waals surface area contributed by atoms with Crippen molar-refractivity contribution < 1.29 is 0 Å². The SMILES string of the molecule is CN=C(NCc1ccc(-n2ccnc2C)nc1)NCC(C)Cc1cccs1.I. The van der Waals surface area contributed by atoms with Crippen LogP contribution in [-0.2, 0) is 13.0 Å². The number of thiophene rings is 1. The summed E-state index contributed by atoms with van der Waals surface area (Å²) in [6, 6.07) is 8.37. The number of aliphatic imine (C=N–C) groups is 1. The third kappa shape index (κ3) is 6.30. The second kappa shape index (κ2) is 11.2. The summed E-state index contributed by atoms with van der Waals surface area (Å²) in [5.41, 5.74) is 1.10. The molecular weight excluding hydrogens is 483 g/mol. The Morgan fingerprint density at radius 2 is 2.11 bits per heavy atom. The fourth-order valence-corrected chi connectivity index (χ4v) is 3.68. The van der Waals surface area contributed by atoms with E-state index in [0.29, 0.717) is 12.5 Å². The Balaban J connectivity index is 0.00000280. The van der Waals surface area contributed by atoms with Crippen LogP contribution in [0.5, 0.6) is 0 Å². The molecule has 0 aliphatic carbocycles. The molecule has 0 fully saturated rings. The molecule has 0 saturated heterocycles. The Hall–Kier alpha value is -1.94. The van der Waals surface area contributed by atoms with E-state index in [1.165, 1.54) is 4.88 Å². The van der Waals surface area contributed by atoms with E-state index in [-0.39, 0.29) is 24.0 Å². The molecule has 0 aliphatic rings.